The van der Waals surface area contributed by atoms with Gasteiger partial charge in [0.05, 0.1) is 22.3 Å². The van der Waals surface area contributed by atoms with E-state index in [-0.39, 0.29) is 6.04 Å². The quantitative estimate of drug-likeness (QED) is 0.758. The molecule has 0 spiro atoms. The molecular weight excluding hydrogens is 306 g/mol. The van der Waals surface area contributed by atoms with Crippen molar-refractivity contribution in [2.45, 2.75) is 26.8 Å². The van der Waals surface area contributed by atoms with E-state index in [1.54, 1.807) is 17.5 Å². The van der Waals surface area contributed by atoms with Crippen molar-refractivity contribution in [1.29, 1.82) is 0 Å². The molecule has 3 rings (SSSR count). The van der Waals surface area contributed by atoms with E-state index >= 15 is 0 Å². The number of rotatable bonds is 4. The molecule has 5 nitrogen and oxygen atoms in total. The Bertz CT molecular complexity index is 825. The number of pyridine rings is 2. The minimum Gasteiger partial charge on any atom is -0.325 e. The van der Waals surface area contributed by atoms with Crippen molar-refractivity contribution >= 4 is 23.0 Å². The van der Waals surface area contributed by atoms with Gasteiger partial charge in [-0.1, -0.05) is 6.07 Å². The number of nitrogens with two attached hydrogens (primary N) is 1. The van der Waals surface area contributed by atoms with Gasteiger partial charge in [-0.05, 0) is 50.6 Å². The van der Waals surface area contributed by atoms with Crippen molar-refractivity contribution in [3.63, 3.8) is 0 Å². The first kappa shape index (κ1) is 15.6. The molecule has 1 unspecified atom stereocenters. The van der Waals surface area contributed by atoms with Crippen LogP contribution in [0.4, 0.5) is 11.6 Å². The second kappa shape index (κ2) is 6.44. The molecule has 0 aliphatic heterocycles. The fourth-order valence-electron chi connectivity index (χ4n) is 2.22. The number of aromatic nitrogens is 3. The van der Waals surface area contributed by atoms with E-state index in [9.17, 15) is 0 Å². The summed E-state index contributed by atoms with van der Waals surface area (Å²) < 4.78 is 0. The number of anilines is 2. The van der Waals surface area contributed by atoms with Crippen LogP contribution in [0.25, 0.3) is 10.6 Å². The van der Waals surface area contributed by atoms with Crippen LogP contribution in [-0.4, -0.2) is 15.0 Å². The third-order valence-electron chi connectivity index (χ3n) is 3.36. The molecule has 118 valence electrons. The van der Waals surface area contributed by atoms with Crippen LogP contribution in [0.2, 0.25) is 0 Å². The largest absolute Gasteiger partial charge is 0.325 e. The van der Waals surface area contributed by atoms with Crippen molar-refractivity contribution in [3.8, 4) is 10.6 Å². The van der Waals surface area contributed by atoms with Crippen LogP contribution in [0, 0.1) is 13.8 Å². The minimum atomic E-state index is -0.0646. The van der Waals surface area contributed by atoms with Crippen LogP contribution < -0.4 is 11.1 Å². The van der Waals surface area contributed by atoms with Crippen LogP contribution in [0.5, 0.6) is 0 Å². The molecule has 6 heteroatoms. The predicted molar refractivity (Wildman–Crippen MR) is 94.9 cm³/mol. The summed E-state index contributed by atoms with van der Waals surface area (Å²) in [4.78, 5) is 14.6. The first-order valence-corrected chi connectivity index (χ1v) is 8.24. The van der Waals surface area contributed by atoms with Crippen LogP contribution in [0.3, 0.4) is 0 Å². The van der Waals surface area contributed by atoms with E-state index in [0.717, 1.165) is 38.5 Å². The summed E-state index contributed by atoms with van der Waals surface area (Å²) >= 11 is 1.60. The molecule has 0 aliphatic rings. The number of nitrogens with one attached hydrogen (secondary N) is 1. The highest BCUT2D eigenvalue weighted by Gasteiger charge is 2.13. The normalized spacial score (nSPS) is 12.2. The summed E-state index contributed by atoms with van der Waals surface area (Å²) in [6.07, 6.45) is 1.78. The lowest BCUT2D eigenvalue weighted by atomic mass is 10.2. The number of thiazole rings is 1. The topological polar surface area (TPSA) is 76.7 Å². The second-order valence-corrected chi connectivity index (χ2v) is 6.54. The van der Waals surface area contributed by atoms with E-state index in [1.807, 2.05) is 51.1 Å². The Labute approximate surface area is 139 Å². The fourth-order valence-corrected chi connectivity index (χ4v) is 3.21. The Balaban J connectivity index is 1.91. The molecule has 0 radical (unpaired) electrons. The molecule has 0 bridgehead atoms. The lowest BCUT2D eigenvalue weighted by molar-refractivity contribution is 0.803. The van der Waals surface area contributed by atoms with E-state index in [2.05, 4.69) is 20.3 Å². The third kappa shape index (κ3) is 3.55. The average molecular weight is 325 g/mol. The Morgan fingerprint density at radius 3 is 2.65 bits per heavy atom. The van der Waals surface area contributed by atoms with Crippen molar-refractivity contribution in [2.75, 3.05) is 5.32 Å². The van der Waals surface area contributed by atoms with Gasteiger partial charge < -0.3 is 11.1 Å². The van der Waals surface area contributed by atoms with Gasteiger partial charge >= 0.3 is 0 Å². The van der Waals surface area contributed by atoms with Crippen molar-refractivity contribution in [1.82, 2.24) is 15.0 Å². The lowest BCUT2D eigenvalue weighted by Crippen LogP contribution is -2.03. The highest BCUT2D eigenvalue weighted by Crippen LogP contribution is 2.31. The summed E-state index contributed by atoms with van der Waals surface area (Å²) in [7, 11) is 0. The SMILES string of the molecule is Cc1ccnc(Nc2cccc(-c3sc(C(C)N)nc3C)n2)c1. The zero-order valence-electron chi connectivity index (χ0n) is 13.4. The van der Waals surface area contributed by atoms with E-state index < -0.39 is 0 Å². The number of hydrogen-bond donors (Lipinski definition) is 2. The summed E-state index contributed by atoms with van der Waals surface area (Å²) in [5.41, 5.74) is 8.93. The zero-order valence-corrected chi connectivity index (χ0v) is 14.2. The van der Waals surface area contributed by atoms with Crippen molar-refractivity contribution in [2.24, 2.45) is 5.73 Å². The van der Waals surface area contributed by atoms with Gasteiger partial charge in [0, 0.05) is 6.20 Å². The molecule has 0 aromatic carbocycles. The van der Waals surface area contributed by atoms with Gasteiger partial charge in [-0.2, -0.15) is 0 Å². The van der Waals surface area contributed by atoms with Gasteiger partial charge in [0.1, 0.15) is 16.6 Å². The molecule has 0 amide bonds. The number of nitrogens with zero attached hydrogens (tertiary/aromatic N) is 3. The summed E-state index contributed by atoms with van der Waals surface area (Å²) in [5, 5.41) is 4.17. The first-order chi connectivity index (χ1) is 11.0. The molecule has 3 aromatic rings. The van der Waals surface area contributed by atoms with Gasteiger partial charge in [-0.25, -0.2) is 15.0 Å². The smallest absolute Gasteiger partial charge is 0.132 e. The van der Waals surface area contributed by atoms with Gasteiger partial charge in [-0.3, -0.25) is 0 Å². The lowest BCUT2D eigenvalue weighted by Gasteiger charge is -2.07. The standard InChI is InChI=1S/C17H19N5S/c1-10-7-8-19-15(9-10)22-14-6-4-5-13(21-14)16-12(3)20-17(23-16)11(2)18/h4-9,11H,18H2,1-3H3,(H,19,21,22). The fraction of sp³-hybridized carbons (Fsp3) is 0.235. The molecule has 1 atom stereocenters. The van der Waals surface area contributed by atoms with Crippen LogP contribution in [0.15, 0.2) is 36.5 Å². The van der Waals surface area contributed by atoms with E-state index in [1.165, 1.54) is 0 Å². The van der Waals surface area contributed by atoms with Crippen LogP contribution in [-0.2, 0) is 0 Å². The van der Waals surface area contributed by atoms with E-state index in [4.69, 9.17) is 5.73 Å². The Kier molecular flexibility index (Phi) is 4.36. The van der Waals surface area contributed by atoms with Crippen molar-refractivity contribution in [3.05, 3.63) is 52.8 Å². The maximum Gasteiger partial charge on any atom is 0.132 e. The Morgan fingerprint density at radius 1 is 1.13 bits per heavy atom. The summed E-state index contributed by atoms with van der Waals surface area (Å²) in [5.74, 6) is 1.54. The van der Waals surface area contributed by atoms with E-state index in [0.29, 0.717) is 0 Å². The molecule has 0 saturated carbocycles. The first-order valence-electron chi connectivity index (χ1n) is 7.43. The van der Waals surface area contributed by atoms with Gasteiger partial charge in [0.2, 0.25) is 0 Å². The van der Waals surface area contributed by atoms with Gasteiger partial charge in [-0.15, -0.1) is 11.3 Å². The van der Waals surface area contributed by atoms with Crippen LogP contribution >= 0.6 is 11.3 Å². The summed E-state index contributed by atoms with van der Waals surface area (Å²) in [6, 6.07) is 9.78. The summed E-state index contributed by atoms with van der Waals surface area (Å²) in [6.45, 7) is 5.96. The maximum atomic E-state index is 5.93. The molecule has 23 heavy (non-hydrogen) atoms. The Morgan fingerprint density at radius 2 is 1.96 bits per heavy atom. The number of aryl methyl sites for hydroxylation is 2. The molecule has 3 heterocycles. The monoisotopic (exact) mass is 325 g/mol. The number of hydrogen-bond acceptors (Lipinski definition) is 6. The maximum absolute atomic E-state index is 5.93. The van der Waals surface area contributed by atoms with Crippen LogP contribution in [0.1, 0.15) is 29.2 Å². The molecule has 0 aliphatic carbocycles. The molecular formula is C17H19N5S. The molecule has 3 aromatic heterocycles. The second-order valence-electron chi connectivity index (χ2n) is 5.51. The van der Waals surface area contributed by atoms with Gasteiger partial charge in [0.15, 0.2) is 0 Å². The van der Waals surface area contributed by atoms with Crippen molar-refractivity contribution < 1.29 is 0 Å². The zero-order chi connectivity index (χ0) is 16.4. The average Bonchev–Trinajstić information content (AvgIpc) is 2.90. The predicted octanol–water partition coefficient (Wildman–Crippen LogP) is 3.98. The molecule has 0 saturated heterocycles. The minimum absolute atomic E-state index is 0.0646. The molecule has 0 fully saturated rings. The van der Waals surface area contributed by atoms with Gasteiger partial charge in [0.25, 0.3) is 0 Å². The Hall–Kier alpha value is -2.31. The third-order valence-corrected chi connectivity index (χ3v) is 4.74. The molecule has 3 N–H and O–H groups in total. The highest BCUT2D eigenvalue weighted by atomic mass is 32.1. The highest BCUT2D eigenvalue weighted by molar-refractivity contribution is 7.15.